The maximum absolute atomic E-state index is 12.9. The van der Waals surface area contributed by atoms with Crippen LogP contribution in [0, 0.1) is 0 Å². The van der Waals surface area contributed by atoms with Crippen LogP contribution in [0.1, 0.15) is 316 Å². The number of hydrogen-bond acceptors (Lipinski definition) is 6. The molecule has 0 N–H and O–H groups in total. The Hall–Kier alpha value is -4.19. The Balaban J connectivity index is 4.37. The van der Waals surface area contributed by atoms with Crippen molar-refractivity contribution in [2.24, 2.45) is 0 Å². The Morgan fingerprint density at radius 3 is 0.815 bits per heavy atom. The molecule has 0 radical (unpaired) electrons. The molecule has 6 heteroatoms. The summed E-state index contributed by atoms with van der Waals surface area (Å²) in [6.45, 7) is 6.50. The fourth-order valence-corrected chi connectivity index (χ4v) is 9.38. The highest BCUT2D eigenvalue weighted by atomic mass is 16.6. The average Bonchev–Trinajstić information content (AvgIpc) is 3.47. The van der Waals surface area contributed by atoms with Crippen molar-refractivity contribution in [1.29, 1.82) is 0 Å². The summed E-state index contributed by atoms with van der Waals surface area (Å²) in [4.78, 5) is 38.3. The minimum Gasteiger partial charge on any atom is -0.462 e. The van der Waals surface area contributed by atoms with E-state index in [0.717, 1.165) is 103 Å². The van der Waals surface area contributed by atoms with E-state index in [4.69, 9.17) is 14.2 Å². The Bertz CT molecular complexity index is 1670. The van der Waals surface area contributed by atoms with E-state index in [9.17, 15) is 14.4 Å². The number of ether oxygens (including phenoxy) is 3. The van der Waals surface area contributed by atoms with Crippen LogP contribution in [0.4, 0.5) is 0 Å². The van der Waals surface area contributed by atoms with Crippen molar-refractivity contribution in [3.05, 3.63) is 122 Å². The third-order valence-corrected chi connectivity index (χ3v) is 14.5. The molecule has 1 unspecified atom stereocenters. The lowest BCUT2D eigenvalue weighted by molar-refractivity contribution is -0.167. The molecule has 0 aliphatic carbocycles. The van der Waals surface area contributed by atoms with Gasteiger partial charge in [0.15, 0.2) is 6.10 Å². The molecule has 462 valence electrons. The number of allylic oxidation sites excluding steroid dienone is 20. The maximum atomic E-state index is 12.9. The predicted octanol–water partition coefficient (Wildman–Crippen LogP) is 23.6. The van der Waals surface area contributed by atoms with E-state index in [0.29, 0.717) is 19.3 Å². The standard InChI is InChI=1S/C75H126O6/c1-4-7-10-13-16-19-22-24-26-28-30-32-34-35-36-37-38-39-41-42-44-46-48-50-53-56-59-62-65-68-74(77)80-71-72(70-79-73(76)67-64-61-58-55-52-21-18-15-12-9-6-3)81-75(78)69-66-63-60-57-54-51-49-47-45-43-40-33-31-29-27-25-23-20-17-14-11-8-5-2/h7,10,16,19,24,26,29-32,35-36,38-39,42,44,48,50,56,59,72H,4-6,8-9,11-15,17-18,20-23,25,27-28,33-34,37,40-41,43,45-47,49,51-55,57-58,60-71H2,1-3H3/b10-7-,19-16-,26-24-,31-29-,32-30-,36-35-,39-38-,44-42-,50-48-,59-56-. The zero-order chi connectivity index (χ0) is 58.5. The second-order valence-electron chi connectivity index (χ2n) is 22.4. The highest BCUT2D eigenvalue weighted by molar-refractivity contribution is 5.71. The zero-order valence-electron chi connectivity index (χ0n) is 53.0. The maximum Gasteiger partial charge on any atom is 0.306 e. The van der Waals surface area contributed by atoms with Gasteiger partial charge in [-0.3, -0.25) is 14.4 Å². The van der Waals surface area contributed by atoms with E-state index >= 15 is 0 Å². The van der Waals surface area contributed by atoms with Crippen molar-refractivity contribution in [3.8, 4) is 0 Å². The van der Waals surface area contributed by atoms with Gasteiger partial charge in [0.2, 0.25) is 0 Å². The number of carbonyl (C=O) groups is 3. The summed E-state index contributed by atoms with van der Waals surface area (Å²) in [6.07, 6.45) is 95.1. The summed E-state index contributed by atoms with van der Waals surface area (Å²) in [5.41, 5.74) is 0. The molecule has 0 fully saturated rings. The van der Waals surface area contributed by atoms with E-state index < -0.39 is 6.10 Å². The summed E-state index contributed by atoms with van der Waals surface area (Å²) in [5.74, 6) is -0.951. The normalized spacial score (nSPS) is 12.9. The monoisotopic (exact) mass is 1120 g/mol. The van der Waals surface area contributed by atoms with Crippen molar-refractivity contribution in [1.82, 2.24) is 0 Å². The van der Waals surface area contributed by atoms with Gasteiger partial charge in [-0.25, -0.2) is 0 Å². The third-order valence-electron chi connectivity index (χ3n) is 14.5. The summed E-state index contributed by atoms with van der Waals surface area (Å²) in [7, 11) is 0. The molecule has 0 amide bonds. The van der Waals surface area contributed by atoms with Gasteiger partial charge in [-0.05, 0) is 109 Å². The molecule has 1 atom stereocenters. The molecule has 0 spiro atoms. The van der Waals surface area contributed by atoms with Crippen molar-refractivity contribution < 1.29 is 28.6 Å². The van der Waals surface area contributed by atoms with Crippen LogP contribution in [0.5, 0.6) is 0 Å². The molecule has 0 heterocycles. The lowest BCUT2D eigenvalue weighted by Gasteiger charge is -2.18. The van der Waals surface area contributed by atoms with E-state index in [1.807, 2.05) is 0 Å². The topological polar surface area (TPSA) is 78.9 Å². The summed E-state index contributed by atoms with van der Waals surface area (Å²) in [6, 6.07) is 0. The molecular formula is C75H126O6. The van der Waals surface area contributed by atoms with Gasteiger partial charge in [-0.1, -0.05) is 309 Å². The smallest absolute Gasteiger partial charge is 0.306 e. The van der Waals surface area contributed by atoms with Gasteiger partial charge in [0.25, 0.3) is 0 Å². The van der Waals surface area contributed by atoms with Crippen molar-refractivity contribution >= 4 is 17.9 Å². The van der Waals surface area contributed by atoms with Crippen LogP contribution in [0.3, 0.4) is 0 Å². The number of unbranched alkanes of at least 4 members (excludes halogenated alkanes) is 30. The Kier molecular flexibility index (Phi) is 64.8. The SMILES string of the molecule is CC/C=C\C/C=C\C/C=C\C/C=C\C/C=C\C/C=C\C/C=C\C/C=C\C/C=C\CCCC(=O)OCC(COC(=O)CCCCCCCCCCCCC)OC(=O)CCCCCCCCCCCCC/C=C\CCCCCCCCCC. The second-order valence-corrected chi connectivity index (χ2v) is 22.4. The number of esters is 3. The largest absolute Gasteiger partial charge is 0.462 e. The van der Waals surface area contributed by atoms with Crippen LogP contribution in [-0.4, -0.2) is 37.2 Å². The first kappa shape index (κ1) is 76.8. The number of carbonyl (C=O) groups excluding carboxylic acids is 3. The van der Waals surface area contributed by atoms with Gasteiger partial charge >= 0.3 is 17.9 Å². The lowest BCUT2D eigenvalue weighted by atomic mass is 10.0. The Labute approximate surface area is 501 Å². The minimum atomic E-state index is -0.804. The molecule has 81 heavy (non-hydrogen) atoms. The highest BCUT2D eigenvalue weighted by Gasteiger charge is 2.19. The predicted molar refractivity (Wildman–Crippen MR) is 353 cm³/mol. The van der Waals surface area contributed by atoms with Crippen LogP contribution < -0.4 is 0 Å². The molecule has 0 aliphatic rings. The first-order chi connectivity index (χ1) is 40.0. The Morgan fingerprint density at radius 2 is 0.494 bits per heavy atom. The molecule has 0 aliphatic heterocycles. The third kappa shape index (κ3) is 66.5. The van der Waals surface area contributed by atoms with Crippen molar-refractivity contribution in [2.45, 2.75) is 322 Å². The summed E-state index contributed by atoms with van der Waals surface area (Å²) >= 11 is 0. The van der Waals surface area contributed by atoms with E-state index in [1.165, 1.54) is 167 Å². The van der Waals surface area contributed by atoms with Gasteiger partial charge in [0.1, 0.15) is 13.2 Å². The lowest BCUT2D eigenvalue weighted by Crippen LogP contribution is -2.30. The van der Waals surface area contributed by atoms with Crippen LogP contribution >= 0.6 is 0 Å². The summed E-state index contributed by atoms with van der Waals surface area (Å²) < 4.78 is 16.9. The van der Waals surface area contributed by atoms with Crippen LogP contribution in [0.25, 0.3) is 0 Å². The number of rotatable bonds is 61. The average molecular weight is 1120 g/mol. The first-order valence-corrected chi connectivity index (χ1v) is 34.0. The molecule has 0 aromatic carbocycles. The van der Waals surface area contributed by atoms with Gasteiger partial charge in [0, 0.05) is 19.3 Å². The molecule has 6 nitrogen and oxygen atoms in total. The van der Waals surface area contributed by atoms with E-state index in [-0.39, 0.29) is 37.5 Å². The van der Waals surface area contributed by atoms with Gasteiger partial charge in [0.05, 0.1) is 0 Å². The van der Waals surface area contributed by atoms with Crippen molar-refractivity contribution in [3.63, 3.8) is 0 Å². The molecular weight excluding hydrogens is 997 g/mol. The van der Waals surface area contributed by atoms with E-state index in [1.54, 1.807) is 0 Å². The molecule has 0 rings (SSSR count). The minimum absolute atomic E-state index is 0.0954. The van der Waals surface area contributed by atoms with Gasteiger partial charge in [-0.15, -0.1) is 0 Å². The molecule has 0 aromatic heterocycles. The quantitative estimate of drug-likeness (QED) is 0.0261. The first-order valence-electron chi connectivity index (χ1n) is 34.0. The fourth-order valence-electron chi connectivity index (χ4n) is 9.38. The molecule has 0 saturated carbocycles. The fraction of sp³-hybridized carbons (Fsp3) is 0.693. The number of hydrogen-bond donors (Lipinski definition) is 0. The molecule has 0 bridgehead atoms. The highest BCUT2D eigenvalue weighted by Crippen LogP contribution is 2.16. The molecule has 0 aromatic rings. The molecule has 0 saturated heterocycles. The van der Waals surface area contributed by atoms with E-state index in [2.05, 4.69) is 142 Å². The van der Waals surface area contributed by atoms with Crippen LogP contribution in [0.2, 0.25) is 0 Å². The van der Waals surface area contributed by atoms with Crippen molar-refractivity contribution in [2.75, 3.05) is 13.2 Å². The van der Waals surface area contributed by atoms with Gasteiger partial charge in [-0.2, -0.15) is 0 Å². The zero-order valence-corrected chi connectivity index (χ0v) is 53.0. The Morgan fingerprint density at radius 1 is 0.259 bits per heavy atom. The van der Waals surface area contributed by atoms with Gasteiger partial charge < -0.3 is 14.2 Å². The van der Waals surface area contributed by atoms with Crippen LogP contribution in [0.15, 0.2) is 122 Å². The van der Waals surface area contributed by atoms with Crippen LogP contribution in [-0.2, 0) is 28.6 Å². The second kappa shape index (κ2) is 68.3. The summed E-state index contributed by atoms with van der Waals surface area (Å²) in [5, 5.41) is 0.